The van der Waals surface area contributed by atoms with Gasteiger partial charge in [-0.2, -0.15) is 0 Å². The Morgan fingerprint density at radius 1 is 1.38 bits per heavy atom. The highest BCUT2D eigenvalue weighted by Crippen LogP contribution is 2.28. The van der Waals surface area contributed by atoms with Gasteiger partial charge in [-0.25, -0.2) is 4.98 Å². The quantitative estimate of drug-likeness (QED) is 0.658. The number of hydrogen-bond donors (Lipinski definition) is 1. The molecule has 1 fully saturated rings. The van der Waals surface area contributed by atoms with Gasteiger partial charge >= 0.3 is 0 Å². The van der Waals surface area contributed by atoms with E-state index in [9.17, 15) is 4.79 Å². The number of benzene rings is 1. The van der Waals surface area contributed by atoms with Gasteiger partial charge in [-0.1, -0.05) is 30.3 Å². The summed E-state index contributed by atoms with van der Waals surface area (Å²) < 4.78 is 7.60. The molecule has 2 N–H and O–H groups in total. The zero-order valence-electron chi connectivity index (χ0n) is 15.4. The summed E-state index contributed by atoms with van der Waals surface area (Å²) in [6.45, 7) is 2.71. The largest absolute Gasteiger partial charge is 0.379 e. The van der Waals surface area contributed by atoms with Crippen LogP contribution in [-0.4, -0.2) is 53.2 Å². The normalized spacial score (nSPS) is 15.0. The Morgan fingerprint density at radius 3 is 2.88 bits per heavy atom. The number of carbonyl (C=O) groups excluding carboxylic acids is 1. The number of amides is 1. The first-order chi connectivity index (χ1) is 12.6. The minimum atomic E-state index is -0.580. The fourth-order valence-electron chi connectivity index (χ4n) is 2.83. The van der Waals surface area contributed by atoms with Crippen molar-refractivity contribution in [2.24, 2.45) is 11.7 Å². The van der Waals surface area contributed by atoms with E-state index in [2.05, 4.69) is 17.1 Å². The number of carbonyl (C=O) groups is 1. The summed E-state index contributed by atoms with van der Waals surface area (Å²) in [5.74, 6) is 0.668. The lowest BCUT2D eigenvalue weighted by molar-refractivity contribution is -0.132. The number of hydrogen-bond acceptors (Lipinski definition) is 4. The van der Waals surface area contributed by atoms with Crippen LogP contribution in [0.25, 0.3) is 0 Å². The van der Waals surface area contributed by atoms with Crippen LogP contribution in [0, 0.1) is 5.92 Å². The number of nitrogens with zero attached hydrogens (tertiary/aromatic N) is 3. The molecule has 1 aliphatic carbocycles. The standard InChI is InChI=1S/C20H28N4O2/c1-23(9-10-26-14-17-7-8-17)20(25)19(21)11-18-13-24(15-22-18)12-16-5-3-2-4-6-16/h2-6,13,15,17,19H,7-12,14,21H2,1H3/t19-/m0/s1. The van der Waals surface area contributed by atoms with E-state index >= 15 is 0 Å². The molecule has 0 unspecified atom stereocenters. The van der Waals surface area contributed by atoms with Crippen LogP contribution in [0.15, 0.2) is 42.9 Å². The minimum Gasteiger partial charge on any atom is -0.379 e. The van der Waals surface area contributed by atoms with Crippen LogP contribution in [-0.2, 0) is 22.5 Å². The Morgan fingerprint density at radius 2 is 2.15 bits per heavy atom. The predicted octanol–water partition coefficient (Wildman–Crippen LogP) is 1.69. The van der Waals surface area contributed by atoms with Gasteiger partial charge in [0.25, 0.3) is 0 Å². The topological polar surface area (TPSA) is 73.4 Å². The monoisotopic (exact) mass is 356 g/mol. The molecule has 1 atom stereocenters. The maximum atomic E-state index is 12.4. The number of likely N-dealkylation sites (N-methyl/N-ethyl adjacent to an activating group) is 1. The fourth-order valence-corrected chi connectivity index (χ4v) is 2.83. The van der Waals surface area contributed by atoms with Gasteiger partial charge in [-0.05, 0) is 24.3 Å². The third-order valence-corrected chi connectivity index (χ3v) is 4.64. The number of nitrogens with two attached hydrogens (primary N) is 1. The van der Waals surface area contributed by atoms with E-state index in [0.717, 1.165) is 24.8 Å². The molecule has 1 saturated carbocycles. The van der Waals surface area contributed by atoms with Crippen LogP contribution in [0.2, 0.25) is 0 Å². The number of ether oxygens (including phenoxy) is 1. The number of imidazole rings is 1. The molecule has 140 valence electrons. The van der Waals surface area contributed by atoms with Crippen LogP contribution < -0.4 is 5.73 Å². The average molecular weight is 356 g/mol. The Labute approximate surface area is 155 Å². The maximum Gasteiger partial charge on any atom is 0.239 e. The summed E-state index contributed by atoms with van der Waals surface area (Å²) in [6.07, 6.45) is 6.73. The summed E-state index contributed by atoms with van der Waals surface area (Å²) >= 11 is 0. The molecule has 1 heterocycles. The average Bonchev–Trinajstić information content (AvgIpc) is 3.38. The van der Waals surface area contributed by atoms with Gasteiger partial charge in [0.15, 0.2) is 0 Å². The molecule has 6 heteroatoms. The van der Waals surface area contributed by atoms with Crippen LogP contribution in [0.4, 0.5) is 0 Å². The highest BCUT2D eigenvalue weighted by Gasteiger charge is 2.22. The van der Waals surface area contributed by atoms with E-state index < -0.39 is 6.04 Å². The van der Waals surface area contributed by atoms with Crippen LogP contribution >= 0.6 is 0 Å². The molecule has 0 bridgehead atoms. The minimum absolute atomic E-state index is 0.0716. The van der Waals surface area contributed by atoms with Crippen molar-refractivity contribution < 1.29 is 9.53 Å². The second-order valence-corrected chi connectivity index (χ2v) is 7.11. The zero-order chi connectivity index (χ0) is 18.4. The first-order valence-electron chi connectivity index (χ1n) is 9.24. The van der Waals surface area contributed by atoms with Crippen molar-refractivity contribution in [3.8, 4) is 0 Å². The third-order valence-electron chi connectivity index (χ3n) is 4.64. The van der Waals surface area contributed by atoms with E-state index in [0.29, 0.717) is 19.6 Å². The second-order valence-electron chi connectivity index (χ2n) is 7.11. The van der Waals surface area contributed by atoms with Gasteiger partial charge in [0.05, 0.1) is 24.7 Å². The van der Waals surface area contributed by atoms with Crippen molar-refractivity contribution in [1.82, 2.24) is 14.5 Å². The maximum absolute atomic E-state index is 12.4. The molecule has 6 nitrogen and oxygen atoms in total. The SMILES string of the molecule is CN(CCOCC1CC1)C(=O)[C@@H](N)Cc1cn(Cc2ccccc2)cn1. The van der Waals surface area contributed by atoms with E-state index in [1.165, 1.54) is 18.4 Å². The Bertz CT molecular complexity index is 697. The smallest absolute Gasteiger partial charge is 0.239 e. The van der Waals surface area contributed by atoms with Gasteiger partial charge in [0.1, 0.15) is 0 Å². The fraction of sp³-hybridized carbons (Fsp3) is 0.500. The molecule has 1 aromatic carbocycles. The van der Waals surface area contributed by atoms with Crippen molar-refractivity contribution in [2.75, 3.05) is 26.8 Å². The van der Waals surface area contributed by atoms with Crippen LogP contribution in [0.1, 0.15) is 24.1 Å². The molecular formula is C20H28N4O2. The molecule has 0 radical (unpaired) electrons. The van der Waals surface area contributed by atoms with Crippen molar-refractivity contribution in [2.45, 2.75) is 31.8 Å². The molecule has 1 amide bonds. The van der Waals surface area contributed by atoms with Gasteiger partial charge in [-0.15, -0.1) is 0 Å². The number of aromatic nitrogens is 2. The molecule has 1 aromatic heterocycles. The van der Waals surface area contributed by atoms with Crippen molar-refractivity contribution in [1.29, 1.82) is 0 Å². The van der Waals surface area contributed by atoms with E-state index in [1.807, 2.05) is 29.0 Å². The highest BCUT2D eigenvalue weighted by atomic mass is 16.5. The molecule has 3 rings (SSSR count). The van der Waals surface area contributed by atoms with E-state index in [-0.39, 0.29) is 5.91 Å². The first kappa shape index (κ1) is 18.6. The predicted molar refractivity (Wildman–Crippen MR) is 101 cm³/mol. The van der Waals surface area contributed by atoms with Gasteiger partial charge < -0.3 is 19.9 Å². The first-order valence-corrected chi connectivity index (χ1v) is 9.24. The van der Waals surface area contributed by atoms with Crippen molar-refractivity contribution >= 4 is 5.91 Å². The van der Waals surface area contributed by atoms with Gasteiger partial charge in [0.2, 0.25) is 5.91 Å². The second kappa shape index (κ2) is 8.96. The molecule has 0 aliphatic heterocycles. The summed E-state index contributed by atoms with van der Waals surface area (Å²) in [4.78, 5) is 18.4. The molecule has 0 spiro atoms. The van der Waals surface area contributed by atoms with Gasteiger partial charge in [0, 0.05) is 39.4 Å². The molecule has 26 heavy (non-hydrogen) atoms. The summed E-state index contributed by atoms with van der Waals surface area (Å²) in [5.41, 5.74) is 8.14. The highest BCUT2D eigenvalue weighted by molar-refractivity contribution is 5.81. The summed E-state index contributed by atoms with van der Waals surface area (Å²) in [6, 6.07) is 9.62. The Kier molecular flexibility index (Phi) is 6.41. The van der Waals surface area contributed by atoms with Crippen molar-refractivity contribution in [3.63, 3.8) is 0 Å². The Hall–Kier alpha value is -2.18. The lowest BCUT2D eigenvalue weighted by Crippen LogP contribution is -2.44. The molecule has 1 aliphatic rings. The summed E-state index contributed by atoms with van der Waals surface area (Å²) in [5, 5.41) is 0. The summed E-state index contributed by atoms with van der Waals surface area (Å²) in [7, 11) is 1.77. The molecule has 2 aromatic rings. The van der Waals surface area contributed by atoms with Gasteiger partial charge in [-0.3, -0.25) is 4.79 Å². The Balaban J connectivity index is 1.42. The lowest BCUT2D eigenvalue weighted by atomic mass is 10.1. The molecule has 0 saturated heterocycles. The van der Waals surface area contributed by atoms with Crippen LogP contribution in [0.5, 0.6) is 0 Å². The molecular weight excluding hydrogens is 328 g/mol. The van der Waals surface area contributed by atoms with E-state index in [1.54, 1.807) is 18.3 Å². The third kappa shape index (κ3) is 5.68. The van der Waals surface area contributed by atoms with Crippen molar-refractivity contribution in [3.05, 3.63) is 54.1 Å². The van der Waals surface area contributed by atoms with Crippen LogP contribution in [0.3, 0.4) is 0 Å². The number of rotatable bonds is 10. The lowest BCUT2D eigenvalue weighted by Gasteiger charge is -2.20. The zero-order valence-corrected chi connectivity index (χ0v) is 15.4. The van der Waals surface area contributed by atoms with E-state index in [4.69, 9.17) is 10.5 Å².